The first kappa shape index (κ1) is 91.1. The van der Waals surface area contributed by atoms with E-state index in [1.165, 1.54) is 398 Å². The Kier molecular flexibility index (Phi) is 80.8. The van der Waals surface area contributed by atoms with Crippen molar-refractivity contribution < 1.29 is 24.5 Å². The number of esters is 1. The number of unbranched alkanes of at least 4 members (excludes halogenated alkanes) is 64. The summed E-state index contributed by atoms with van der Waals surface area (Å²) in [6.45, 7) is 4.98. The molecule has 0 saturated heterocycles. The van der Waals surface area contributed by atoms with Crippen molar-refractivity contribution in [3.05, 3.63) is 36.5 Å². The standard InChI is InChI=1S/C87H167NO5/c1-3-5-7-9-11-13-15-17-18-19-20-21-22-38-41-44-47-50-53-56-59-63-67-71-75-79-85(90)84(83-89)88-86(91)80-76-72-68-64-60-57-54-51-48-45-42-39-36-34-32-30-28-26-24-23-25-27-29-31-33-35-37-40-43-46-49-52-55-58-62-66-70-74-78-82-93-87(92)81-77-73-69-65-61-16-14-12-10-8-6-4-2/h12,14,23-24,27,29,84-85,89-90H,3-11,13,15-22,25-26,28,30-83H2,1-2H3,(H,88,91)/b14-12-,24-23-,29-27-. The number of hydrogen-bond acceptors (Lipinski definition) is 5. The highest BCUT2D eigenvalue weighted by molar-refractivity contribution is 5.76. The second-order valence-electron chi connectivity index (χ2n) is 29.5. The van der Waals surface area contributed by atoms with Crippen molar-refractivity contribution in [3.8, 4) is 0 Å². The Bertz CT molecular complexity index is 1510. The van der Waals surface area contributed by atoms with Gasteiger partial charge in [-0.25, -0.2) is 0 Å². The van der Waals surface area contributed by atoms with E-state index in [1.807, 2.05) is 0 Å². The van der Waals surface area contributed by atoms with E-state index >= 15 is 0 Å². The third-order valence-corrected chi connectivity index (χ3v) is 20.2. The van der Waals surface area contributed by atoms with Gasteiger partial charge < -0.3 is 20.3 Å². The van der Waals surface area contributed by atoms with Gasteiger partial charge in [0.05, 0.1) is 25.4 Å². The number of hydrogen-bond donors (Lipinski definition) is 3. The van der Waals surface area contributed by atoms with E-state index in [4.69, 9.17) is 4.74 Å². The van der Waals surface area contributed by atoms with Crippen molar-refractivity contribution in [1.29, 1.82) is 0 Å². The lowest BCUT2D eigenvalue weighted by molar-refractivity contribution is -0.143. The molecule has 93 heavy (non-hydrogen) atoms. The van der Waals surface area contributed by atoms with Gasteiger partial charge in [-0.1, -0.05) is 423 Å². The van der Waals surface area contributed by atoms with Crippen LogP contribution >= 0.6 is 0 Å². The molecule has 2 atom stereocenters. The highest BCUT2D eigenvalue weighted by atomic mass is 16.5. The first-order chi connectivity index (χ1) is 46.0. The Morgan fingerprint density at radius 2 is 0.538 bits per heavy atom. The van der Waals surface area contributed by atoms with Crippen LogP contribution in [0.3, 0.4) is 0 Å². The maximum atomic E-state index is 12.6. The average Bonchev–Trinajstić information content (AvgIpc) is 3.66. The molecule has 0 aliphatic heterocycles. The molecule has 0 heterocycles. The van der Waals surface area contributed by atoms with Crippen molar-refractivity contribution in [2.24, 2.45) is 0 Å². The lowest BCUT2D eigenvalue weighted by Crippen LogP contribution is -2.45. The minimum Gasteiger partial charge on any atom is -0.466 e. The summed E-state index contributed by atoms with van der Waals surface area (Å²) in [6.07, 6.45) is 108. The summed E-state index contributed by atoms with van der Waals surface area (Å²) in [4.78, 5) is 24.6. The number of carbonyl (C=O) groups is 2. The quantitative estimate of drug-likeness (QED) is 0.0320. The third-order valence-electron chi connectivity index (χ3n) is 20.2. The van der Waals surface area contributed by atoms with Gasteiger partial charge in [0.25, 0.3) is 0 Å². The summed E-state index contributed by atoms with van der Waals surface area (Å²) < 4.78 is 5.48. The molecule has 3 N–H and O–H groups in total. The zero-order valence-electron chi connectivity index (χ0n) is 63.3. The summed E-state index contributed by atoms with van der Waals surface area (Å²) in [6, 6.07) is -0.541. The number of carbonyl (C=O) groups excluding carboxylic acids is 2. The molecule has 6 heteroatoms. The van der Waals surface area contributed by atoms with Crippen LogP contribution in [-0.4, -0.2) is 47.4 Å². The molecule has 2 unspecified atom stereocenters. The van der Waals surface area contributed by atoms with Crippen molar-refractivity contribution >= 4 is 11.9 Å². The first-order valence-corrected chi connectivity index (χ1v) is 42.7. The van der Waals surface area contributed by atoms with E-state index < -0.39 is 12.1 Å². The molecule has 550 valence electrons. The monoisotopic (exact) mass is 1310 g/mol. The maximum Gasteiger partial charge on any atom is 0.305 e. The summed E-state index contributed by atoms with van der Waals surface area (Å²) in [5.74, 6) is -0.0149. The van der Waals surface area contributed by atoms with E-state index in [2.05, 4.69) is 55.6 Å². The largest absolute Gasteiger partial charge is 0.466 e. The van der Waals surface area contributed by atoms with Crippen LogP contribution in [0.15, 0.2) is 36.5 Å². The molecule has 0 aliphatic carbocycles. The van der Waals surface area contributed by atoms with Gasteiger partial charge >= 0.3 is 5.97 Å². The van der Waals surface area contributed by atoms with Crippen LogP contribution in [0, 0.1) is 0 Å². The molecule has 0 aliphatic rings. The molecule has 0 aromatic rings. The lowest BCUT2D eigenvalue weighted by atomic mass is 10.0. The van der Waals surface area contributed by atoms with Crippen LogP contribution in [0.2, 0.25) is 0 Å². The summed E-state index contributed by atoms with van der Waals surface area (Å²) >= 11 is 0. The van der Waals surface area contributed by atoms with Gasteiger partial charge in [-0.15, -0.1) is 0 Å². The fraction of sp³-hybridized carbons (Fsp3) is 0.908. The maximum absolute atomic E-state index is 12.6. The highest BCUT2D eigenvalue weighted by Crippen LogP contribution is 2.21. The second kappa shape index (κ2) is 82.5. The minimum absolute atomic E-state index is 0.0109. The van der Waals surface area contributed by atoms with Gasteiger partial charge in [0.1, 0.15) is 0 Å². The van der Waals surface area contributed by atoms with Gasteiger partial charge in [0.15, 0.2) is 0 Å². The van der Waals surface area contributed by atoms with E-state index in [0.717, 1.165) is 51.4 Å². The lowest BCUT2D eigenvalue weighted by Gasteiger charge is -2.22. The fourth-order valence-electron chi connectivity index (χ4n) is 13.7. The Labute approximate surface area is 583 Å². The molecule has 0 aromatic heterocycles. The predicted molar refractivity (Wildman–Crippen MR) is 412 cm³/mol. The molecule has 0 radical (unpaired) electrons. The number of rotatable bonds is 81. The molecule has 0 saturated carbocycles. The Balaban J connectivity index is 3.36. The van der Waals surface area contributed by atoms with Gasteiger partial charge in [0, 0.05) is 12.8 Å². The molecular formula is C87H167NO5. The van der Waals surface area contributed by atoms with E-state index in [-0.39, 0.29) is 18.5 Å². The van der Waals surface area contributed by atoms with Crippen LogP contribution in [-0.2, 0) is 14.3 Å². The van der Waals surface area contributed by atoms with Gasteiger partial charge in [0.2, 0.25) is 5.91 Å². The molecule has 0 fully saturated rings. The van der Waals surface area contributed by atoms with Gasteiger partial charge in [-0.2, -0.15) is 0 Å². The van der Waals surface area contributed by atoms with Crippen molar-refractivity contribution in [2.75, 3.05) is 13.2 Å². The van der Waals surface area contributed by atoms with Crippen molar-refractivity contribution in [1.82, 2.24) is 5.32 Å². The van der Waals surface area contributed by atoms with Crippen LogP contribution < -0.4 is 5.32 Å². The van der Waals surface area contributed by atoms with Crippen LogP contribution in [0.25, 0.3) is 0 Å². The van der Waals surface area contributed by atoms with E-state index in [9.17, 15) is 19.8 Å². The average molecular weight is 1310 g/mol. The number of aliphatic hydroxyl groups excluding tert-OH is 2. The van der Waals surface area contributed by atoms with Crippen LogP contribution in [0.1, 0.15) is 483 Å². The predicted octanol–water partition coefficient (Wildman–Crippen LogP) is 28.6. The number of ether oxygens (including phenoxy) is 1. The van der Waals surface area contributed by atoms with E-state index in [0.29, 0.717) is 25.9 Å². The summed E-state index contributed by atoms with van der Waals surface area (Å²) in [7, 11) is 0. The fourth-order valence-corrected chi connectivity index (χ4v) is 13.7. The Hall–Kier alpha value is -1.92. The number of amides is 1. The molecular weight excluding hydrogens is 1140 g/mol. The highest BCUT2D eigenvalue weighted by Gasteiger charge is 2.20. The molecule has 0 aromatic carbocycles. The number of aliphatic hydroxyl groups is 2. The Morgan fingerprint density at radius 3 is 0.849 bits per heavy atom. The molecule has 0 rings (SSSR count). The zero-order chi connectivity index (χ0) is 67.0. The van der Waals surface area contributed by atoms with E-state index in [1.54, 1.807) is 0 Å². The minimum atomic E-state index is -0.664. The van der Waals surface area contributed by atoms with Gasteiger partial charge in [-0.05, 0) is 83.5 Å². The second-order valence-corrected chi connectivity index (χ2v) is 29.5. The first-order valence-electron chi connectivity index (χ1n) is 42.7. The number of allylic oxidation sites excluding steroid dienone is 6. The van der Waals surface area contributed by atoms with Crippen molar-refractivity contribution in [3.63, 3.8) is 0 Å². The SMILES string of the molecule is CCCCC/C=C\CCCCCCCC(=O)OCCCCCCCCCCCCCCCCC/C=C\C/C=C\CCCCCCCCCCCCCCCCCCCC(=O)NC(CO)C(O)CCCCCCCCCCCCCCCCCCCCCCCCCCC. The van der Waals surface area contributed by atoms with Crippen LogP contribution in [0.5, 0.6) is 0 Å². The number of nitrogens with one attached hydrogen (secondary N) is 1. The smallest absolute Gasteiger partial charge is 0.305 e. The third kappa shape index (κ3) is 79.0. The topological polar surface area (TPSA) is 95.9 Å². The van der Waals surface area contributed by atoms with Gasteiger partial charge in [-0.3, -0.25) is 9.59 Å². The molecule has 0 spiro atoms. The molecule has 0 bridgehead atoms. The summed E-state index contributed by atoms with van der Waals surface area (Å²) in [5.41, 5.74) is 0. The van der Waals surface area contributed by atoms with Crippen LogP contribution in [0.4, 0.5) is 0 Å². The normalized spacial score (nSPS) is 12.6. The van der Waals surface area contributed by atoms with Crippen molar-refractivity contribution in [2.45, 2.75) is 495 Å². The molecule has 1 amide bonds. The zero-order valence-corrected chi connectivity index (χ0v) is 63.3. The Morgan fingerprint density at radius 1 is 0.301 bits per heavy atom. The molecule has 6 nitrogen and oxygen atoms in total. The summed E-state index contributed by atoms with van der Waals surface area (Å²) in [5, 5.41) is 23.5.